The van der Waals surface area contributed by atoms with Crippen molar-refractivity contribution < 1.29 is 14.3 Å². The predicted octanol–water partition coefficient (Wildman–Crippen LogP) is 3.74. The molecule has 26 heavy (non-hydrogen) atoms. The van der Waals surface area contributed by atoms with Crippen molar-refractivity contribution in [3.05, 3.63) is 27.3 Å². The maximum Gasteiger partial charge on any atom is 0.267 e. The van der Waals surface area contributed by atoms with Gasteiger partial charge >= 0.3 is 0 Å². The Morgan fingerprint density at radius 1 is 1.31 bits per heavy atom. The first-order valence-electron chi connectivity index (χ1n) is 8.20. The van der Waals surface area contributed by atoms with Gasteiger partial charge in [0.2, 0.25) is 5.88 Å². The first kappa shape index (κ1) is 17.3. The second kappa shape index (κ2) is 6.90. The standard InChI is InChI=1S/C17H18N4O3S2/c1-8-12-15(24-3)19-11(6-23-2)20-16(12)26-13(8)14(22)21-17-18-10(7-25-17)9-4-5-9/h7,9H,4-6H2,1-3H3,(H,18,21,22). The van der Waals surface area contributed by atoms with Crippen LogP contribution in [0.15, 0.2) is 5.38 Å². The number of aryl methyl sites for hydroxylation is 1. The lowest BCUT2D eigenvalue weighted by atomic mass is 10.2. The molecular weight excluding hydrogens is 372 g/mol. The Labute approximate surface area is 158 Å². The minimum Gasteiger partial charge on any atom is -0.480 e. The molecule has 9 heteroatoms. The van der Waals surface area contributed by atoms with Crippen molar-refractivity contribution in [2.45, 2.75) is 32.3 Å². The number of carbonyl (C=O) groups excluding carboxylic acids is 1. The van der Waals surface area contributed by atoms with Gasteiger partial charge in [0.05, 0.1) is 23.1 Å². The molecule has 1 saturated carbocycles. The van der Waals surface area contributed by atoms with E-state index in [1.807, 2.05) is 12.3 Å². The molecule has 3 heterocycles. The van der Waals surface area contributed by atoms with Gasteiger partial charge in [0.15, 0.2) is 11.0 Å². The third kappa shape index (κ3) is 3.17. The molecule has 4 rings (SSSR count). The highest BCUT2D eigenvalue weighted by Crippen LogP contribution is 2.41. The molecule has 0 saturated heterocycles. The summed E-state index contributed by atoms with van der Waals surface area (Å²) in [5.74, 6) is 1.37. The van der Waals surface area contributed by atoms with Crippen LogP contribution in [0.4, 0.5) is 5.13 Å². The average Bonchev–Trinajstić information content (AvgIpc) is 3.29. The van der Waals surface area contributed by atoms with Gasteiger partial charge in [-0.1, -0.05) is 0 Å². The molecule has 7 nitrogen and oxygen atoms in total. The summed E-state index contributed by atoms with van der Waals surface area (Å²) in [7, 11) is 3.15. The van der Waals surface area contributed by atoms with Crippen LogP contribution in [-0.4, -0.2) is 35.1 Å². The molecular formula is C17H18N4O3S2. The molecule has 136 valence electrons. The number of ether oxygens (including phenoxy) is 2. The quantitative estimate of drug-likeness (QED) is 0.690. The Morgan fingerprint density at radius 2 is 2.12 bits per heavy atom. The van der Waals surface area contributed by atoms with Crippen LogP contribution in [0.3, 0.4) is 0 Å². The van der Waals surface area contributed by atoms with Crippen LogP contribution >= 0.6 is 22.7 Å². The van der Waals surface area contributed by atoms with E-state index in [4.69, 9.17) is 9.47 Å². The monoisotopic (exact) mass is 390 g/mol. The number of hydrogen-bond donors (Lipinski definition) is 1. The Morgan fingerprint density at radius 3 is 2.81 bits per heavy atom. The smallest absolute Gasteiger partial charge is 0.267 e. The van der Waals surface area contributed by atoms with Gasteiger partial charge in [-0.15, -0.1) is 22.7 Å². The van der Waals surface area contributed by atoms with Gasteiger partial charge in [-0.3, -0.25) is 10.1 Å². The Bertz CT molecular complexity index is 978. The molecule has 1 aliphatic rings. The molecule has 0 spiro atoms. The van der Waals surface area contributed by atoms with E-state index in [1.54, 1.807) is 14.2 Å². The summed E-state index contributed by atoms with van der Waals surface area (Å²) in [4.78, 5) is 27.4. The summed E-state index contributed by atoms with van der Waals surface area (Å²) < 4.78 is 10.5. The molecule has 0 bridgehead atoms. The third-order valence-electron chi connectivity index (χ3n) is 4.21. The van der Waals surface area contributed by atoms with Crippen LogP contribution in [-0.2, 0) is 11.3 Å². The van der Waals surface area contributed by atoms with Crippen molar-refractivity contribution >= 4 is 43.9 Å². The van der Waals surface area contributed by atoms with Crippen molar-refractivity contribution in [2.24, 2.45) is 0 Å². The fourth-order valence-corrected chi connectivity index (χ4v) is 4.64. The van der Waals surface area contributed by atoms with Gasteiger partial charge in [0.1, 0.15) is 11.4 Å². The average molecular weight is 390 g/mol. The highest BCUT2D eigenvalue weighted by Gasteiger charge is 2.27. The zero-order chi connectivity index (χ0) is 18.3. The number of fused-ring (bicyclic) bond motifs is 1. The van der Waals surface area contributed by atoms with Crippen molar-refractivity contribution in [1.82, 2.24) is 15.0 Å². The summed E-state index contributed by atoms with van der Waals surface area (Å²) >= 11 is 2.79. The van der Waals surface area contributed by atoms with Crippen molar-refractivity contribution in [1.29, 1.82) is 0 Å². The second-order valence-corrected chi connectivity index (χ2v) is 7.98. The summed E-state index contributed by atoms with van der Waals surface area (Å²) in [6.45, 7) is 2.17. The lowest BCUT2D eigenvalue weighted by Crippen LogP contribution is -2.11. The van der Waals surface area contributed by atoms with Gasteiger partial charge in [0.25, 0.3) is 5.91 Å². The maximum absolute atomic E-state index is 12.8. The second-order valence-electron chi connectivity index (χ2n) is 6.12. The van der Waals surface area contributed by atoms with E-state index in [9.17, 15) is 4.79 Å². The number of thiophene rings is 1. The topological polar surface area (TPSA) is 86.2 Å². The molecule has 1 amide bonds. The SMILES string of the molecule is COCc1nc(OC)c2c(C)c(C(=O)Nc3nc(C4CC4)cs3)sc2n1. The Hall–Kier alpha value is -2.10. The van der Waals surface area contributed by atoms with Gasteiger partial charge in [0, 0.05) is 18.4 Å². The van der Waals surface area contributed by atoms with E-state index in [2.05, 4.69) is 20.3 Å². The zero-order valence-corrected chi connectivity index (χ0v) is 16.3. The van der Waals surface area contributed by atoms with Crippen LogP contribution in [0.2, 0.25) is 0 Å². The van der Waals surface area contributed by atoms with Crippen LogP contribution < -0.4 is 10.1 Å². The normalized spacial score (nSPS) is 14.0. The van der Waals surface area contributed by atoms with Crippen molar-refractivity contribution in [2.75, 3.05) is 19.5 Å². The van der Waals surface area contributed by atoms with Gasteiger partial charge in [-0.25, -0.2) is 9.97 Å². The summed E-state index contributed by atoms with van der Waals surface area (Å²) in [6, 6.07) is 0. The highest BCUT2D eigenvalue weighted by atomic mass is 32.1. The number of carbonyl (C=O) groups is 1. The predicted molar refractivity (Wildman–Crippen MR) is 101 cm³/mol. The minimum absolute atomic E-state index is 0.183. The van der Waals surface area contributed by atoms with Crippen LogP contribution in [0.25, 0.3) is 10.2 Å². The lowest BCUT2D eigenvalue weighted by Gasteiger charge is -2.05. The maximum atomic E-state index is 12.8. The summed E-state index contributed by atoms with van der Waals surface area (Å²) in [5, 5.41) is 6.33. The molecule has 0 aromatic carbocycles. The van der Waals surface area contributed by atoms with E-state index in [-0.39, 0.29) is 12.5 Å². The number of amides is 1. The third-order valence-corrected chi connectivity index (χ3v) is 6.17. The number of nitrogens with zero attached hydrogens (tertiary/aromatic N) is 3. The molecule has 3 aromatic heterocycles. The van der Waals surface area contributed by atoms with E-state index in [0.29, 0.717) is 32.5 Å². The summed E-state index contributed by atoms with van der Waals surface area (Å²) in [6.07, 6.45) is 2.38. The Kier molecular flexibility index (Phi) is 4.60. The largest absolute Gasteiger partial charge is 0.480 e. The molecule has 0 atom stereocenters. The van der Waals surface area contributed by atoms with E-state index < -0.39 is 0 Å². The zero-order valence-electron chi connectivity index (χ0n) is 14.7. The summed E-state index contributed by atoms with van der Waals surface area (Å²) in [5.41, 5.74) is 1.89. The van der Waals surface area contributed by atoms with Crippen molar-refractivity contribution in [3.63, 3.8) is 0 Å². The molecule has 0 radical (unpaired) electrons. The lowest BCUT2D eigenvalue weighted by molar-refractivity contribution is 0.103. The molecule has 1 aliphatic carbocycles. The van der Waals surface area contributed by atoms with Crippen LogP contribution in [0, 0.1) is 6.92 Å². The van der Waals surface area contributed by atoms with Crippen LogP contribution in [0.1, 0.15) is 45.5 Å². The molecule has 0 unspecified atom stereocenters. The number of anilines is 1. The number of aromatic nitrogens is 3. The van der Waals surface area contributed by atoms with E-state index >= 15 is 0 Å². The fraction of sp³-hybridized carbons (Fsp3) is 0.412. The molecule has 1 N–H and O–H groups in total. The van der Waals surface area contributed by atoms with E-state index in [0.717, 1.165) is 16.6 Å². The van der Waals surface area contributed by atoms with Crippen molar-refractivity contribution in [3.8, 4) is 5.88 Å². The fourth-order valence-electron chi connectivity index (χ4n) is 2.77. The number of nitrogens with one attached hydrogen (secondary N) is 1. The van der Waals surface area contributed by atoms with Crippen LogP contribution in [0.5, 0.6) is 5.88 Å². The Balaban J connectivity index is 1.66. The van der Waals surface area contributed by atoms with Gasteiger partial charge in [-0.05, 0) is 25.3 Å². The first-order chi connectivity index (χ1) is 12.6. The molecule has 1 fully saturated rings. The molecule has 3 aromatic rings. The van der Waals surface area contributed by atoms with E-state index in [1.165, 1.54) is 35.5 Å². The number of methoxy groups -OCH3 is 2. The number of thiazole rings is 1. The van der Waals surface area contributed by atoms with Gasteiger partial charge < -0.3 is 9.47 Å². The minimum atomic E-state index is -0.183. The molecule has 0 aliphatic heterocycles. The van der Waals surface area contributed by atoms with Gasteiger partial charge in [-0.2, -0.15) is 4.98 Å². The first-order valence-corrected chi connectivity index (χ1v) is 9.90. The number of rotatable bonds is 6. The highest BCUT2D eigenvalue weighted by molar-refractivity contribution is 7.21. The number of hydrogen-bond acceptors (Lipinski definition) is 8.